The molecule has 0 amide bonds. The standard InChI is InChI=1S/C11H18N2/c1-9-4-2-5-10(8-9)11(13)6-3-7-12/h2,4-5,8,11H,3,6-7,12-13H2,1H3. The Balaban J connectivity index is 2.60. The first-order valence-electron chi connectivity index (χ1n) is 4.76. The molecule has 13 heavy (non-hydrogen) atoms. The fraction of sp³-hybridized carbons (Fsp3) is 0.455. The van der Waals surface area contributed by atoms with Crippen LogP contribution in [-0.2, 0) is 0 Å². The van der Waals surface area contributed by atoms with Crippen molar-refractivity contribution in [1.29, 1.82) is 0 Å². The summed E-state index contributed by atoms with van der Waals surface area (Å²) in [6, 6.07) is 8.49. The van der Waals surface area contributed by atoms with Gasteiger partial charge in [-0.25, -0.2) is 0 Å². The number of aryl methyl sites for hydroxylation is 1. The highest BCUT2D eigenvalue weighted by atomic mass is 14.6. The third kappa shape index (κ3) is 3.17. The zero-order chi connectivity index (χ0) is 9.68. The molecule has 72 valence electrons. The molecule has 0 aliphatic carbocycles. The third-order valence-electron chi connectivity index (χ3n) is 2.19. The Morgan fingerprint density at radius 1 is 1.38 bits per heavy atom. The molecule has 0 bridgehead atoms. The average molecular weight is 178 g/mol. The van der Waals surface area contributed by atoms with Crippen molar-refractivity contribution in [2.75, 3.05) is 6.54 Å². The zero-order valence-corrected chi connectivity index (χ0v) is 8.16. The van der Waals surface area contributed by atoms with Crippen molar-refractivity contribution >= 4 is 0 Å². The molecule has 1 aromatic rings. The Hall–Kier alpha value is -0.860. The van der Waals surface area contributed by atoms with Gasteiger partial charge in [-0.1, -0.05) is 29.8 Å². The monoisotopic (exact) mass is 178 g/mol. The van der Waals surface area contributed by atoms with E-state index < -0.39 is 0 Å². The van der Waals surface area contributed by atoms with Crippen LogP contribution in [0.4, 0.5) is 0 Å². The van der Waals surface area contributed by atoms with E-state index in [-0.39, 0.29) is 6.04 Å². The molecule has 0 saturated heterocycles. The maximum atomic E-state index is 5.99. The van der Waals surface area contributed by atoms with Gasteiger partial charge >= 0.3 is 0 Å². The summed E-state index contributed by atoms with van der Waals surface area (Å²) in [7, 11) is 0. The predicted molar refractivity (Wildman–Crippen MR) is 56.4 cm³/mol. The minimum Gasteiger partial charge on any atom is -0.330 e. The minimum absolute atomic E-state index is 0.142. The lowest BCUT2D eigenvalue weighted by molar-refractivity contribution is 0.617. The highest BCUT2D eigenvalue weighted by Crippen LogP contribution is 2.16. The molecule has 0 saturated carbocycles. The first kappa shape index (κ1) is 10.2. The van der Waals surface area contributed by atoms with Gasteiger partial charge in [-0.15, -0.1) is 0 Å². The normalized spacial score (nSPS) is 12.8. The van der Waals surface area contributed by atoms with Crippen LogP contribution in [0.5, 0.6) is 0 Å². The van der Waals surface area contributed by atoms with Gasteiger partial charge in [-0.2, -0.15) is 0 Å². The van der Waals surface area contributed by atoms with E-state index in [2.05, 4.69) is 25.1 Å². The molecule has 2 nitrogen and oxygen atoms in total. The quantitative estimate of drug-likeness (QED) is 0.737. The summed E-state index contributed by atoms with van der Waals surface area (Å²) in [6.45, 7) is 2.80. The van der Waals surface area contributed by atoms with Crippen molar-refractivity contribution < 1.29 is 0 Å². The Bertz CT molecular complexity index is 258. The maximum absolute atomic E-state index is 5.99. The van der Waals surface area contributed by atoms with E-state index in [1.807, 2.05) is 6.07 Å². The SMILES string of the molecule is Cc1cccc(C(N)CCCN)c1. The van der Waals surface area contributed by atoms with Crippen LogP contribution in [0, 0.1) is 6.92 Å². The molecule has 0 aromatic heterocycles. The smallest absolute Gasteiger partial charge is 0.0295 e. The second-order valence-electron chi connectivity index (χ2n) is 3.45. The van der Waals surface area contributed by atoms with Crippen molar-refractivity contribution in [3.63, 3.8) is 0 Å². The van der Waals surface area contributed by atoms with E-state index in [0.29, 0.717) is 0 Å². The van der Waals surface area contributed by atoms with Crippen LogP contribution >= 0.6 is 0 Å². The Morgan fingerprint density at radius 3 is 2.77 bits per heavy atom. The Morgan fingerprint density at radius 2 is 2.15 bits per heavy atom. The topological polar surface area (TPSA) is 52.0 Å². The molecule has 0 radical (unpaired) electrons. The van der Waals surface area contributed by atoms with Crippen LogP contribution in [0.25, 0.3) is 0 Å². The number of nitrogens with two attached hydrogens (primary N) is 2. The fourth-order valence-electron chi connectivity index (χ4n) is 1.41. The minimum atomic E-state index is 0.142. The number of benzene rings is 1. The number of hydrogen-bond donors (Lipinski definition) is 2. The Kier molecular flexibility index (Phi) is 3.93. The molecule has 0 aliphatic rings. The molecular formula is C11H18N2. The third-order valence-corrected chi connectivity index (χ3v) is 2.19. The lowest BCUT2D eigenvalue weighted by atomic mass is 10.0. The van der Waals surface area contributed by atoms with Crippen LogP contribution in [0.15, 0.2) is 24.3 Å². The van der Waals surface area contributed by atoms with Crippen molar-refractivity contribution in [1.82, 2.24) is 0 Å². The molecule has 0 aliphatic heterocycles. The first-order chi connectivity index (χ1) is 6.24. The summed E-state index contributed by atoms with van der Waals surface area (Å²) in [5.41, 5.74) is 13.9. The van der Waals surface area contributed by atoms with E-state index in [9.17, 15) is 0 Å². The van der Waals surface area contributed by atoms with Gasteiger partial charge in [0.05, 0.1) is 0 Å². The summed E-state index contributed by atoms with van der Waals surface area (Å²) >= 11 is 0. The maximum Gasteiger partial charge on any atom is 0.0295 e. The summed E-state index contributed by atoms with van der Waals surface area (Å²) < 4.78 is 0. The number of rotatable bonds is 4. The molecule has 0 heterocycles. The van der Waals surface area contributed by atoms with Crippen LogP contribution in [0.1, 0.15) is 30.0 Å². The van der Waals surface area contributed by atoms with E-state index in [1.165, 1.54) is 11.1 Å². The van der Waals surface area contributed by atoms with Gasteiger partial charge in [0.15, 0.2) is 0 Å². The zero-order valence-electron chi connectivity index (χ0n) is 8.16. The van der Waals surface area contributed by atoms with Gasteiger partial charge in [-0.3, -0.25) is 0 Å². The van der Waals surface area contributed by atoms with Crippen molar-refractivity contribution in [3.8, 4) is 0 Å². The molecule has 0 fully saturated rings. The molecule has 1 unspecified atom stereocenters. The average Bonchev–Trinajstić information content (AvgIpc) is 2.14. The largest absolute Gasteiger partial charge is 0.330 e. The highest BCUT2D eigenvalue weighted by Gasteiger charge is 2.04. The van der Waals surface area contributed by atoms with Gasteiger partial charge in [-0.05, 0) is 31.9 Å². The molecule has 1 aromatic carbocycles. The summed E-state index contributed by atoms with van der Waals surface area (Å²) in [5.74, 6) is 0. The van der Waals surface area contributed by atoms with E-state index in [0.717, 1.165) is 19.4 Å². The lowest BCUT2D eigenvalue weighted by Crippen LogP contribution is -2.12. The number of hydrogen-bond acceptors (Lipinski definition) is 2. The first-order valence-corrected chi connectivity index (χ1v) is 4.76. The van der Waals surface area contributed by atoms with E-state index in [1.54, 1.807) is 0 Å². The van der Waals surface area contributed by atoms with Crippen LogP contribution in [-0.4, -0.2) is 6.54 Å². The summed E-state index contributed by atoms with van der Waals surface area (Å²) in [5, 5.41) is 0. The molecule has 4 N–H and O–H groups in total. The van der Waals surface area contributed by atoms with Gasteiger partial charge in [0.25, 0.3) is 0 Å². The predicted octanol–water partition coefficient (Wildman–Crippen LogP) is 1.73. The van der Waals surface area contributed by atoms with Crippen molar-refractivity contribution in [2.24, 2.45) is 11.5 Å². The van der Waals surface area contributed by atoms with Crippen LogP contribution in [0.2, 0.25) is 0 Å². The fourth-order valence-corrected chi connectivity index (χ4v) is 1.41. The van der Waals surface area contributed by atoms with Gasteiger partial charge in [0.2, 0.25) is 0 Å². The van der Waals surface area contributed by atoms with Gasteiger partial charge in [0.1, 0.15) is 0 Å². The van der Waals surface area contributed by atoms with Crippen LogP contribution in [0.3, 0.4) is 0 Å². The Labute approximate surface area is 79.9 Å². The second kappa shape index (κ2) is 5.00. The molecule has 1 rings (SSSR count). The van der Waals surface area contributed by atoms with Gasteiger partial charge in [0, 0.05) is 6.04 Å². The molecule has 1 atom stereocenters. The lowest BCUT2D eigenvalue weighted by Gasteiger charge is -2.11. The van der Waals surface area contributed by atoms with E-state index in [4.69, 9.17) is 11.5 Å². The van der Waals surface area contributed by atoms with Crippen LogP contribution < -0.4 is 11.5 Å². The highest BCUT2D eigenvalue weighted by molar-refractivity contribution is 5.24. The van der Waals surface area contributed by atoms with Crippen molar-refractivity contribution in [3.05, 3.63) is 35.4 Å². The second-order valence-corrected chi connectivity index (χ2v) is 3.45. The molecule has 0 spiro atoms. The van der Waals surface area contributed by atoms with Gasteiger partial charge < -0.3 is 11.5 Å². The molecular weight excluding hydrogens is 160 g/mol. The van der Waals surface area contributed by atoms with Crippen molar-refractivity contribution in [2.45, 2.75) is 25.8 Å². The van der Waals surface area contributed by atoms with E-state index >= 15 is 0 Å². The summed E-state index contributed by atoms with van der Waals surface area (Å²) in [4.78, 5) is 0. The summed E-state index contributed by atoms with van der Waals surface area (Å²) in [6.07, 6.45) is 1.97. The molecule has 2 heteroatoms.